The lowest BCUT2D eigenvalue weighted by Gasteiger charge is -2.36. The van der Waals surface area contributed by atoms with E-state index in [0.29, 0.717) is 23.8 Å². The molecule has 0 radical (unpaired) electrons. The largest absolute Gasteiger partial charge is 0.496 e. The number of nitrogens with one attached hydrogen (secondary N) is 1. The summed E-state index contributed by atoms with van der Waals surface area (Å²) in [7, 11) is 4.72. The molecule has 1 amide bonds. The van der Waals surface area contributed by atoms with Gasteiger partial charge in [0.25, 0.3) is 0 Å². The van der Waals surface area contributed by atoms with Crippen LogP contribution in [0.15, 0.2) is 48.5 Å². The van der Waals surface area contributed by atoms with Gasteiger partial charge >= 0.3 is 0 Å². The molecule has 7 nitrogen and oxygen atoms in total. The molecule has 3 rings (SSSR count). The molecule has 0 spiro atoms. The number of carbonyl (C=O) groups is 1. The Kier molecular flexibility index (Phi) is 8.18. The Hall–Kier alpha value is -3.19. The number of rotatable bonds is 9. The number of nitrogens with zero attached hydrogens (tertiary/aromatic N) is 2. The predicted molar refractivity (Wildman–Crippen MR) is 123 cm³/mol. The summed E-state index contributed by atoms with van der Waals surface area (Å²) in [5.74, 6) is 1.63. The van der Waals surface area contributed by atoms with E-state index in [9.17, 15) is 4.79 Å². The highest BCUT2D eigenvalue weighted by Gasteiger charge is 2.16. The summed E-state index contributed by atoms with van der Waals surface area (Å²) in [4.78, 5) is 17.0. The molecular formula is C24H31N3O4. The van der Waals surface area contributed by atoms with Gasteiger partial charge in [0.05, 0.1) is 21.3 Å². The Morgan fingerprint density at radius 2 is 1.58 bits per heavy atom. The van der Waals surface area contributed by atoms with E-state index in [-0.39, 0.29) is 5.91 Å². The lowest BCUT2D eigenvalue weighted by Crippen LogP contribution is -2.48. The van der Waals surface area contributed by atoms with Crippen LogP contribution >= 0.6 is 0 Å². The van der Waals surface area contributed by atoms with Gasteiger partial charge in [0, 0.05) is 62.7 Å². The fraction of sp³-hybridized carbons (Fsp3) is 0.375. The molecule has 1 fully saturated rings. The zero-order chi connectivity index (χ0) is 22.1. The first-order valence-electron chi connectivity index (χ1n) is 10.4. The van der Waals surface area contributed by atoms with Crippen LogP contribution in [0.25, 0.3) is 6.08 Å². The number of hydrogen-bond donors (Lipinski definition) is 1. The molecule has 0 unspecified atom stereocenters. The fourth-order valence-corrected chi connectivity index (χ4v) is 3.61. The number of ether oxygens (including phenoxy) is 3. The van der Waals surface area contributed by atoms with Gasteiger partial charge in [-0.3, -0.25) is 9.69 Å². The topological polar surface area (TPSA) is 63.3 Å². The SMILES string of the molecule is COc1cc(OC)c(OC)cc1/C=C/C(=O)NCCN1CCN(c2ccccc2)CC1. The maximum absolute atomic E-state index is 12.3. The minimum absolute atomic E-state index is 0.139. The van der Waals surface area contributed by atoms with Crippen molar-refractivity contribution >= 4 is 17.7 Å². The molecule has 1 saturated heterocycles. The van der Waals surface area contributed by atoms with Crippen molar-refractivity contribution in [1.29, 1.82) is 0 Å². The average molecular weight is 426 g/mol. The zero-order valence-corrected chi connectivity index (χ0v) is 18.5. The second-order valence-electron chi connectivity index (χ2n) is 7.24. The molecule has 1 heterocycles. The molecule has 2 aromatic carbocycles. The van der Waals surface area contributed by atoms with Gasteiger partial charge in [0.1, 0.15) is 5.75 Å². The third kappa shape index (κ3) is 6.15. The first-order chi connectivity index (χ1) is 15.1. The summed E-state index contributed by atoms with van der Waals surface area (Å²) in [6, 6.07) is 14.0. The van der Waals surface area contributed by atoms with Crippen LogP contribution < -0.4 is 24.4 Å². The van der Waals surface area contributed by atoms with Gasteiger partial charge in [-0.25, -0.2) is 0 Å². The molecule has 0 aromatic heterocycles. The highest BCUT2D eigenvalue weighted by Crippen LogP contribution is 2.35. The number of carbonyl (C=O) groups excluding carboxylic acids is 1. The van der Waals surface area contributed by atoms with E-state index >= 15 is 0 Å². The Labute approximate surface area is 184 Å². The lowest BCUT2D eigenvalue weighted by atomic mass is 10.1. The minimum atomic E-state index is -0.139. The summed E-state index contributed by atoms with van der Waals surface area (Å²) in [6.45, 7) is 5.42. The van der Waals surface area contributed by atoms with Crippen molar-refractivity contribution in [3.8, 4) is 17.2 Å². The van der Waals surface area contributed by atoms with Crippen molar-refractivity contribution in [2.45, 2.75) is 0 Å². The third-order valence-corrected chi connectivity index (χ3v) is 5.37. The van der Waals surface area contributed by atoms with Crippen LogP contribution in [0.3, 0.4) is 0 Å². The van der Waals surface area contributed by atoms with Gasteiger partial charge in [-0.2, -0.15) is 0 Å². The summed E-state index contributed by atoms with van der Waals surface area (Å²) in [5.41, 5.74) is 2.01. The van der Waals surface area contributed by atoms with Crippen LogP contribution in [0.1, 0.15) is 5.56 Å². The maximum Gasteiger partial charge on any atom is 0.244 e. The van der Waals surface area contributed by atoms with Gasteiger partial charge in [-0.05, 0) is 24.3 Å². The summed E-state index contributed by atoms with van der Waals surface area (Å²) in [5, 5.41) is 2.95. The third-order valence-electron chi connectivity index (χ3n) is 5.37. The molecule has 1 aliphatic rings. The molecule has 2 aromatic rings. The van der Waals surface area contributed by atoms with E-state index in [2.05, 4.69) is 39.4 Å². The first-order valence-corrected chi connectivity index (χ1v) is 10.4. The first kappa shape index (κ1) is 22.5. The van der Waals surface area contributed by atoms with Gasteiger partial charge < -0.3 is 24.4 Å². The highest BCUT2D eigenvalue weighted by atomic mass is 16.5. The molecule has 0 bridgehead atoms. The summed E-state index contributed by atoms with van der Waals surface area (Å²) in [6.07, 6.45) is 3.23. The van der Waals surface area contributed by atoms with E-state index in [1.807, 2.05) is 6.07 Å². The molecule has 7 heteroatoms. The number of amides is 1. The Bertz CT molecular complexity index is 878. The van der Waals surface area contributed by atoms with Crippen molar-refractivity contribution in [3.05, 3.63) is 54.1 Å². The Morgan fingerprint density at radius 3 is 2.23 bits per heavy atom. The lowest BCUT2D eigenvalue weighted by molar-refractivity contribution is -0.116. The molecule has 1 aliphatic heterocycles. The number of hydrogen-bond acceptors (Lipinski definition) is 6. The van der Waals surface area contributed by atoms with E-state index in [4.69, 9.17) is 14.2 Å². The fourth-order valence-electron chi connectivity index (χ4n) is 3.61. The minimum Gasteiger partial charge on any atom is -0.496 e. The summed E-state index contributed by atoms with van der Waals surface area (Å²) >= 11 is 0. The Morgan fingerprint density at radius 1 is 0.935 bits per heavy atom. The summed E-state index contributed by atoms with van der Waals surface area (Å²) < 4.78 is 16.0. The molecule has 0 aliphatic carbocycles. The number of piperazine rings is 1. The van der Waals surface area contributed by atoms with Crippen LogP contribution in [0, 0.1) is 0 Å². The standard InChI is InChI=1S/C24H31N3O4/c1-29-21-18-23(31-3)22(30-2)17-19(21)9-10-24(28)25-11-12-26-13-15-27(16-14-26)20-7-5-4-6-8-20/h4-10,17-18H,11-16H2,1-3H3,(H,25,28)/b10-9+. The van der Waals surface area contributed by atoms with Crippen LogP contribution in [-0.2, 0) is 4.79 Å². The van der Waals surface area contributed by atoms with Gasteiger partial charge in [-0.15, -0.1) is 0 Å². The van der Waals surface area contributed by atoms with Gasteiger partial charge in [0.15, 0.2) is 11.5 Å². The van der Waals surface area contributed by atoms with E-state index in [1.54, 1.807) is 39.5 Å². The molecule has 0 atom stereocenters. The monoisotopic (exact) mass is 425 g/mol. The van der Waals surface area contributed by atoms with Crippen LogP contribution in [0.4, 0.5) is 5.69 Å². The molecule has 31 heavy (non-hydrogen) atoms. The van der Waals surface area contributed by atoms with Gasteiger partial charge in [0.2, 0.25) is 5.91 Å². The van der Waals surface area contributed by atoms with E-state index in [1.165, 1.54) is 11.8 Å². The molecule has 1 N–H and O–H groups in total. The number of anilines is 1. The quantitative estimate of drug-likeness (QED) is 0.624. The average Bonchev–Trinajstić information content (AvgIpc) is 2.83. The van der Waals surface area contributed by atoms with E-state index in [0.717, 1.165) is 38.3 Å². The van der Waals surface area contributed by atoms with Crippen LogP contribution in [0.5, 0.6) is 17.2 Å². The second-order valence-corrected chi connectivity index (χ2v) is 7.24. The van der Waals surface area contributed by atoms with Crippen molar-refractivity contribution in [3.63, 3.8) is 0 Å². The second kappa shape index (κ2) is 11.3. The van der Waals surface area contributed by atoms with Crippen molar-refractivity contribution in [2.75, 3.05) is 65.5 Å². The highest BCUT2D eigenvalue weighted by molar-refractivity contribution is 5.92. The van der Waals surface area contributed by atoms with Crippen LogP contribution in [0.2, 0.25) is 0 Å². The number of para-hydroxylation sites is 1. The van der Waals surface area contributed by atoms with Crippen molar-refractivity contribution < 1.29 is 19.0 Å². The van der Waals surface area contributed by atoms with Crippen molar-refractivity contribution in [1.82, 2.24) is 10.2 Å². The predicted octanol–water partition coefficient (Wildman–Crippen LogP) is 2.66. The maximum atomic E-state index is 12.3. The molecular weight excluding hydrogens is 394 g/mol. The van der Waals surface area contributed by atoms with Crippen molar-refractivity contribution in [2.24, 2.45) is 0 Å². The smallest absolute Gasteiger partial charge is 0.244 e. The number of methoxy groups -OCH3 is 3. The zero-order valence-electron chi connectivity index (χ0n) is 18.5. The normalized spacial score (nSPS) is 14.5. The van der Waals surface area contributed by atoms with E-state index < -0.39 is 0 Å². The number of benzene rings is 2. The van der Waals surface area contributed by atoms with Gasteiger partial charge in [-0.1, -0.05) is 18.2 Å². The molecule has 0 saturated carbocycles. The molecule has 166 valence electrons. The van der Waals surface area contributed by atoms with Crippen LogP contribution in [-0.4, -0.2) is 71.4 Å². The Balaban J connectivity index is 1.45.